The molecule has 0 aromatic rings. The molecule has 90 valence electrons. The maximum Gasteiger partial charge on any atom is 0.441 e. The first-order valence-electron chi connectivity index (χ1n) is 4.38. The minimum absolute atomic E-state index is 0.00750. The molecule has 0 bridgehead atoms. The molecule has 15 heavy (non-hydrogen) atoms. The van der Waals surface area contributed by atoms with Gasteiger partial charge in [0.25, 0.3) is 0 Å². The van der Waals surface area contributed by atoms with Crippen molar-refractivity contribution in [1.29, 1.82) is 0 Å². The highest BCUT2D eigenvalue weighted by molar-refractivity contribution is 8.00. The van der Waals surface area contributed by atoms with Crippen LogP contribution in [0.2, 0.25) is 0 Å². The molecule has 0 spiro atoms. The fraction of sp³-hybridized carbons (Fsp3) is 0.875. The van der Waals surface area contributed by atoms with Crippen molar-refractivity contribution < 1.29 is 18.0 Å². The van der Waals surface area contributed by atoms with E-state index in [-0.39, 0.29) is 36.5 Å². The Hall–Kier alpha value is -0.430. The van der Waals surface area contributed by atoms with Crippen LogP contribution < -0.4 is 11.1 Å². The van der Waals surface area contributed by atoms with Crippen molar-refractivity contribution in [3.8, 4) is 0 Å². The van der Waals surface area contributed by atoms with Crippen molar-refractivity contribution in [2.45, 2.75) is 19.4 Å². The van der Waals surface area contributed by atoms with Gasteiger partial charge in [-0.05, 0) is 25.6 Å². The van der Waals surface area contributed by atoms with Crippen molar-refractivity contribution in [3.63, 3.8) is 0 Å². The lowest BCUT2D eigenvalue weighted by Gasteiger charge is -2.21. The maximum absolute atomic E-state index is 11.7. The molecule has 0 atom stereocenters. The molecule has 0 radical (unpaired) electrons. The number of alkyl halides is 3. The number of hydrogen-bond donors (Lipinski definition) is 2. The lowest BCUT2D eigenvalue weighted by atomic mass is 9.93. The normalized spacial score (nSPS) is 12.7. The molecule has 0 heterocycles. The number of hydrogen-bond acceptors (Lipinski definition) is 3. The van der Waals surface area contributed by atoms with Crippen LogP contribution in [0.25, 0.3) is 0 Å². The van der Waals surface area contributed by atoms with Crippen LogP contribution in [0, 0.1) is 5.41 Å². The molecular formula is C8H15F3N2OS. The zero-order valence-corrected chi connectivity index (χ0v) is 9.47. The average Bonchev–Trinajstić information content (AvgIpc) is 2.10. The van der Waals surface area contributed by atoms with E-state index in [0.29, 0.717) is 0 Å². The summed E-state index contributed by atoms with van der Waals surface area (Å²) in [5.41, 5.74) is 0.359. The molecule has 0 aliphatic rings. The SMILES string of the molecule is CC(C)(CN)C(=O)NCCSC(F)(F)F. The first-order chi connectivity index (χ1) is 6.69. The number of rotatable bonds is 5. The number of carbonyl (C=O) groups is 1. The standard InChI is InChI=1S/C8H15F3N2OS/c1-7(2,5-12)6(14)13-3-4-15-8(9,10)11/h3-5,12H2,1-2H3,(H,13,14). The summed E-state index contributed by atoms with van der Waals surface area (Å²) in [4.78, 5) is 11.3. The van der Waals surface area contributed by atoms with E-state index in [1.807, 2.05) is 0 Å². The first kappa shape index (κ1) is 14.6. The number of thioether (sulfide) groups is 1. The average molecular weight is 244 g/mol. The third-order valence-corrected chi connectivity index (χ3v) is 2.51. The molecule has 0 aliphatic heterocycles. The predicted octanol–water partition coefficient (Wildman–Crippen LogP) is 1.34. The van der Waals surface area contributed by atoms with Crippen LogP contribution in [0.3, 0.4) is 0 Å². The second-order valence-corrected chi connectivity index (χ2v) is 4.80. The van der Waals surface area contributed by atoms with Crippen LogP contribution in [0.4, 0.5) is 13.2 Å². The topological polar surface area (TPSA) is 55.1 Å². The Bertz CT molecular complexity index is 218. The molecule has 0 fully saturated rings. The zero-order valence-electron chi connectivity index (χ0n) is 8.65. The highest BCUT2D eigenvalue weighted by Crippen LogP contribution is 2.29. The quantitative estimate of drug-likeness (QED) is 0.718. The predicted molar refractivity (Wildman–Crippen MR) is 54.4 cm³/mol. The Morgan fingerprint density at radius 3 is 2.33 bits per heavy atom. The van der Waals surface area contributed by atoms with Gasteiger partial charge < -0.3 is 11.1 Å². The summed E-state index contributed by atoms with van der Waals surface area (Å²) in [6.45, 7) is 3.43. The second kappa shape index (κ2) is 5.60. The third-order valence-electron chi connectivity index (χ3n) is 1.78. The molecule has 3 nitrogen and oxygen atoms in total. The first-order valence-corrected chi connectivity index (χ1v) is 5.36. The van der Waals surface area contributed by atoms with Crippen molar-refractivity contribution in [3.05, 3.63) is 0 Å². The Kier molecular flexibility index (Phi) is 5.44. The number of amides is 1. The van der Waals surface area contributed by atoms with E-state index in [4.69, 9.17) is 5.73 Å². The van der Waals surface area contributed by atoms with E-state index in [1.165, 1.54) is 0 Å². The second-order valence-electron chi connectivity index (χ2n) is 3.64. The van der Waals surface area contributed by atoms with Crippen LogP contribution in [0.5, 0.6) is 0 Å². The van der Waals surface area contributed by atoms with Gasteiger partial charge in [-0.15, -0.1) is 0 Å². The summed E-state index contributed by atoms with van der Waals surface area (Å²) >= 11 is -0.152. The summed E-state index contributed by atoms with van der Waals surface area (Å²) in [5, 5.41) is 2.41. The Labute approximate surface area is 91.0 Å². The smallest absolute Gasteiger partial charge is 0.355 e. The molecule has 0 rings (SSSR count). The van der Waals surface area contributed by atoms with E-state index >= 15 is 0 Å². The molecular weight excluding hydrogens is 229 g/mol. The highest BCUT2D eigenvalue weighted by Gasteiger charge is 2.28. The summed E-state index contributed by atoms with van der Waals surface area (Å²) < 4.78 is 35.1. The third kappa shape index (κ3) is 6.62. The monoisotopic (exact) mass is 244 g/mol. The molecule has 7 heteroatoms. The van der Waals surface area contributed by atoms with E-state index in [0.717, 1.165) is 0 Å². The van der Waals surface area contributed by atoms with Gasteiger partial charge in [-0.2, -0.15) is 13.2 Å². The van der Waals surface area contributed by atoms with Crippen molar-refractivity contribution in [2.75, 3.05) is 18.8 Å². The fourth-order valence-electron chi connectivity index (χ4n) is 0.663. The minimum Gasteiger partial charge on any atom is -0.355 e. The van der Waals surface area contributed by atoms with Crippen molar-refractivity contribution in [2.24, 2.45) is 11.1 Å². The maximum atomic E-state index is 11.7. The molecule has 0 aliphatic carbocycles. The minimum atomic E-state index is -4.24. The number of carbonyl (C=O) groups excluding carboxylic acids is 1. The van der Waals surface area contributed by atoms with Crippen LogP contribution in [-0.2, 0) is 4.79 Å². The van der Waals surface area contributed by atoms with Gasteiger partial charge >= 0.3 is 5.51 Å². The van der Waals surface area contributed by atoms with Gasteiger partial charge in [-0.1, -0.05) is 0 Å². The van der Waals surface area contributed by atoms with Crippen LogP contribution in [-0.4, -0.2) is 30.3 Å². The molecule has 3 N–H and O–H groups in total. The summed E-state index contributed by atoms with van der Waals surface area (Å²) in [6, 6.07) is 0. The van der Waals surface area contributed by atoms with E-state index in [2.05, 4.69) is 5.32 Å². The Balaban J connectivity index is 3.74. The van der Waals surface area contributed by atoms with Gasteiger partial charge in [-0.3, -0.25) is 4.79 Å². The molecule has 0 saturated heterocycles. The molecule has 0 unspecified atom stereocenters. The van der Waals surface area contributed by atoms with Crippen LogP contribution in [0.1, 0.15) is 13.8 Å². The largest absolute Gasteiger partial charge is 0.441 e. The van der Waals surface area contributed by atoms with Crippen molar-refractivity contribution >= 4 is 17.7 Å². The van der Waals surface area contributed by atoms with Crippen molar-refractivity contribution in [1.82, 2.24) is 5.32 Å². The summed E-state index contributed by atoms with van der Waals surface area (Å²) in [5.74, 6) is -0.511. The van der Waals surface area contributed by atoms with Crippen LogP contribution in [0.15, 0.2) is 0 Å². The molecule has 0 aromatic heterocycles. The summed E-state index contributed by atoms with van der Waals surface area (Å²) in [7, 11) is 0. The number of halogens is 3. The van der Waals surface area contributed by atoms with Gasteiger partial charge in [0.2, 0.25) is 5.91 Å². The fourth-order valence-corrected chi connectivity index (χ4v) is 1.10. The van der Waals surface area contributed by atoms with Gasteiger partial charge in [0.05, 0.1) is 5.41 Å². The molecule has 0 saturated carbocycles. The molecule has 0 aromatic carbocycles. The molecule has 1 amide bonds. The van der Waals surface area contributed by atoms with E-state index in [1.54, 1.807) is 13.8 Å². The lowest BCUT2D eigenvalue weighted by Crippen LogP contribution is -2.42. The highest BCUT2D eigenvalue weighted by atomic mass is 32.2. The van der Waals surface area contributed by atoms with Gasteiger partial charge in [0, 0.05) is 18.8 Å². The Morgan fingerprint density at radius 1 is 1.40 bits per heavy atom. The van der Waals surface area contributed by atoms with E-state index < -0.39 is 10.9 Å². The van der Waals surface area contributed by atoms with Gasteiger partial charge in [-0.25, -0.2) is 0 Å². The Morgan fingerprint density at radius 2 is 1.93 bits per heavy atom. The number of nitrogens with two attached hydrogens (primary N) is 1. The number of nitrogens with one attached hydrogen (secondary N) is 1. The van der Waals surface area contributed by atoms with Gasteiger partial charge in [0.15, 0.2) is 0 Å². The summed E-state index contributed by atoms with van der Waals surface area (Å²) in [6.07, 6.45) is 0. The lowest BCUT2D eigenvalue weighted by molar-refractivity contribution is -0.128. The van der Waals surface area contributed by atoms with Crippen LogP contribution >= 0.6 is 11.8 Å². The van der Waals surface area contributed by atoms with Gasteiger partial charge in [0.1, 0.15) is 0 Å². The zero-order chi connectivity index (χ0) is 12.1. The van der Waals surface area contributed by atoms with E-state index in [9.17, 15) is 18.0 Å².